The van der Waals surface area contributed by atoms with E-state index in [-0.39, 0.29) is 17.6 Å². The number of aliphatic carboxylic acids is 1. The molecule has 1 atom stereocenters. The molecule has 0 unspecified atom stereocenters. The highest BCUT2D eigenvalue weighted by molar-refractivity contribution is 6.42. The monoisotopic (exact) mass is 538 g/mol. The van der Waals surface area contributed by atoms with Crippen molar-refractivity contribution < 1.29 is 19.4 Å². The van der Waals surface area contributed by atoms with Crippen molar-refractivity contribution in [3.63, 3.8) is 0 Å². The summed E-state index contributed by atoms with van der Waals surface area (Å²) in [5, 5.41) is 14.9. The second-order valence-electron chi connectivity index (χ2n) is 11.1. The van der Waals surface area contributed by atoms with Crippen LogP contribution in [0.1, 0.15) is 54.4 Å². The van der Waals surface area contributed by atoms with E-state index in [0.29, 0.717) is 39.1 Å². The summed E-state index contributed by atoms with van der Waals surface area (Å²) in [6.45, 7) is 0.143. The molecule has 4 aliphatic carbocycles. The van der Waals surface area contributed by atoms with Crippen LogP contribution in [0.25, 0.3) is 10.9 Å². The smallest absolute Gasteiger partial charge is 0.326 e. The zero-order valence-corrected chi connectivity index (χ0v) is 21.8. The van der Waals surface area contributed by atoms with Crippen LogP contribution in [0.4, 0.5) is 0 Å². The van der Waals surface area contributed by atoms with Crippen molar-refractivity contribution in [3.05, 3.63) is 69.8 Å². The number of nitrogens with one attached hydrogen (secondary N) is 1. The van der Waals surface area contributed by atoms with Gasteiger partial charge in [-0.15, -0.1) is 0 Å². The molecule has 0 radical (unpaired) electrons. The standard InChI is InChI=1S/C29H28Cl2N2O4/c30-22-6-3-16(11-23(22)31)15-37-25-21(5-4-20-2-1-7-32-24(20)25)27(34)33-26(28(35)36)29-12-17-8-18(13-29)10-19(9-17)14-29/h1-7,11,17-19,26H,8-10,12-15H2,(H,33,34)(H,35,36)/t17-,18+,19?,26-,29?/m1/s1. The lowest BCUT2D eigenvalue weighted by atomic mass is 9.47. The van der Waals surface area contributed by atoms with Gasteiger partial charge in [0.25, 0.3) is 5.91 Å². The van der Waals surface area contributed by atoms with Crippen molar-refractivity contribution in [2.24, 2.45) is 23.2 Å². The number of fused-ring (bicyclic) bond motifs is 1. The van der Waals surface area contributed by atoms with Crippen LogP contribution in [0.5, 0.6) is 5.75 Å². The Bertz CT molecular complexity index is 1360. The average Bonchev–Trinajstić information content (AvgIpc) is 2.86. The van der Waals surface area contributed by atoms with Crippen LogP contribution in [0, 0.1) is 23.2 Å². The van der Waals surface area contributed by atoms with E-state index in [9.17, 15) is 14.7 Å². The van der Waals surface area contributed by atoms with Gasteiger partial charge in [-0.1, -0.05) is 41.4 Å². The van der Waals surface area contributed by atoms with E-state index < -0.39 is 17.9 Å². The summed E-state index contributed by atoms with van der Waals surface area (Å²) in [6.07, 6.45) is 7.85. The molecule has 4 fully saturated rings. The summed E-state index contributed by atoms with van der Waals surface area (Å²) in [6, 6.07) is 11.5. The molecule has 4 bridgehead atoms. The third-order valence-corrected chi connectivity index (χ3v) is 9.30. The number of benzene rings is 2. The number of ether oxygens (including phenoxy) is 1. The van der Waals surface area contributed by atoms with E-state index in [4.69, 9.17) is 27.9 Å². The first-order valence-electron chi connectivity index (χ1n) is 12.8. The Kier molecular flexibility index (Phi) is 6.28. The van der Waals surface area contributed by atoms with Crippen molar-refractivity contribution in [2.75, 3.05) is 0 Å². The first-order chi connectivity index (χ1) is 17.8. The van der Waals surface area contributed by atoms with Crippen LogP contribution >= 0.6 is 23.2 Å². The molecule has 7 rings (SSSR count). The number of aromatic nitrogens is 1. The van der Waals surface area contributed by atoms with Gasteiger partial charge >= 0.3 is 5.97 Å². The van der Waals surface area contributed by atoms with Crippen LogP contribution in [0.2, 0.25) is 10.0 Å². The minimum absolute atomic E-state index is 0.143. The van der Waals surface area contributed by atoms with Crippen LogP contribution in [0.3, 0.4) is 0 Å². The number of pyridine rings is 1. The van der Waals surface area contributed by atoms with Gasteiger partial charge in [-0.25, -0.2) is 4.79 Å². The van der Waals surface area contributed by atoms with E-state index in [0.717, 1.165) is 30.2 Å². The normalized spacial score (nSPS) is 26.7. The number of carboxylic acid groups (broad SMARTS) is 1. The van der Waals surface area contributed by atoms with Crippen LogP contribution in [-0.4, -0.2) is 28.0 Å². The maximum Gasteiger partial charge on any atom is 0.326 e. The fraction of sp³-hybridized carbons (Fsp3) is 0.414. The molecule has 0 saturated heterocycles. The zero-order chi connectivity index (χ0) is 25.7. The summed E-state index contributed by atoms with van der Waals surface area (Å²) in [5.41, 5.74) is 1.21. The van der Waals surface area contributed by atoms with Gasteiger partial charge in [0.2, 0.25) is 0 Å². The molecule has 6 nitrogen and oxygen atoms in total. The lowest BCUT2D eigenvalue weighted by Crippen LogP contribution is -2.59. The molecule has 1 amide bonds. The Morgan fingerprint density at radius 1 is 1.03 bits per heavy atom. The number of hydrogen-bond donors (Lipinski definition) is 2. The maximum atomic E-state index is 13.7. The molecule has 0 aliphatic heterocycles. The highest BCUT2D eigenvalue weighted by Gasteiger charge is 2.56. The maximum absolute atomic E-state index is 13.7. The number of carbonyl (C=O) groups excluding carboxylic acids is 1. The summed E-state index contributed by atoms with van der Waals surface area (Å²) in [7, 11) is 0. The van der Waals surface area contributed by atoms with Crippen LogP contribution in [-0.2, 0) is 11.4 Å². The molecule has 4 saturated carbocycles. The third-order valence-electron chi connectivity index (χ3n) is 8.56. The summed E-state index contributed by atoms with van der Waals surface area (Å²) < 4.78 is 6.17. The number of hydrogen-bond acceptors (Lipinski definition) is 4. The van der Waals surface area contributed by atoms with Gasteiger partial charge in [-0.2, -0.15) is 0 Å². The van der Waals surface area contributed by atoms with Gasteiger partial charge in [0.1, 0.15) is 18.2 Å². The van der Waals surface area contributed by atoms with Crippen LogP contribution < -0.4 is 10.1 Å². The fourth-order valence-corrected chi connectivity index (χ4v) is 7.77. The Morgan fingerprint density at radius 3 is 2.38 bits per heavy atom. The van der Waals surface area contributed by atoms with Gasteiger partial charge in [0, 0.05) is 17.0 Å². The average molecular weight is 539 g/mol. The van der Waals surface area contributed by atoms with E-state index >= 15 is 0 Å². The quantitative estimate of drug-likeness (QED) is 0.357. The zero-order valence-electron chi connectivity index (χ0n) is 20.3. The topological polar surface area (TPSA) is 88.5 Å². The van der Waals surface area contributed by atoms with Crippen molar-refractivity contribution in [3.8, 4) is 5.75 Å². The molecule has 0 spiro atoms. The van der Waals surface area contributed by atoms with Crippen LogP contribution in [0.15, 0.2) is 48.7 Å². The molecule has 8 heteroatoms. The largest absolute Gasteiger partial charge is 0.486 e. The summed E-state index contributed by atoms with van der Waals surface area (Å²) in [5.74, 6) is 0.601. The molecule has 37 heavy (non-hydrogen) atoms. The third kappa shape index (κ3) is 4.55. The molecule has 3 aromatic rings. The first kappa shape index (κ1) is 24.5. The summed E-state index contributed by atoms with van der Waals surface area (Å²) in [4.78, 5) is 30.7. The predicted molar refractivity (Wildman–Crippen MR) is 142 cm³/mol. The molecule has 1 aromatic heterocycles. The Morgan fingerprint density at radius 2 is 1.73 bits per heavy atom. The molecule has 2 aromatic carbocycles. The predicted octanol–water partition coefficient (Wildman–Crippen LogP) is 6.52. The van der Waals surface area contributed by atoms with Gasteiger partial charge in [-0.3, -0.25) is 9.78 Å². The molecule has 4 aliphatic rings. The Hall–Kier alpha value is -2.83. The highest BCUT2D eigenvalue weighted by Crippen LogP contribution is 2.61. The minimum atomic E-state index is -0.965. The second kappa shape index (κ2) is 9.48. The first-order valence-corrected chi connectivity index (χ1v) is 13.5. The van der Waals surface area contributed by atoms with Gasteiger partial charge < -0.3 is 15.2 Å². The number of carbonyl (C=O) groups is 2. The van der Waals surface area contributed by atoms with E-state index in [1.165, 1.54) is 19.3 Å². The SMILES string of the molecule is O=C(N[C@H](C(=O)O)C12CC3C[C@H](C1)C[C@@H](C3)C2)c1ccc2cccnc2c1OCc1ccc(Cl)c(Cl)c1. The Balaban J connectivity index is 1.31. The van der Waals surface area contributed by atoms with Gasteiger partial charge in [0.05, 0.1) is 15.6 Å². The van der Waals surface area contributed by atoms with Crippen molar-refractivity contribution >= 4 is 46.0 Å². The lowest BCUT2D eigenvalue weighted by molar-refractivity contribution is -0.150. The van der Waals surface area contributed by atoms with E-state index in [2.05, 4.69) is 10.3 Å². The Labute approximate surface area is 225 Å². The number of amides is 1. The van der Waals surface area contributed by atoms with Gasteiger partial charge in [0.15, 0.2) is 5.75 Å². The van der Waals surface area contributed by atoms with Crippen molar-refractivity contribution in [1.29, 1.82) is 0 Å². The number of carboxylic acids is 1. The molecule has 1 heterocycles. The summed E-state index contributed by atoms with van der Waals surface area (Å²) >= 11 is 12.2. The molecule has 192 valence electrons. The second-order valence-corrected chi connectivity index (χ2v) is 11.9. The lowest BCUT2D eigenvalue weighted by Gasteiger charge is -2.58. The number of rotatable bonds is 7. The van der Waals surface area contributed by atoms with E-state index in [1.807, 2.05) is 18.2 Å². The number of halogens is 2. The van der Waals surface area contributed by atoms with Gasteiger partial charge in [-0.05, 0) is 86.1 Å². The minimum Gasteiger partial charge on any atom is -0.486 e. The van der Waals surface area contributed by atoms with Crippen molar-refractivity contribution in [2.45, 2.75) is 51.2 Å². The molecule has 2 N–H and O–H groups in total. The fourth-order valence-electron chi connectivity index (χ4n) is 7.44. The molecular formula is C29H28Cl2N2O4. The van der Waals surface area contributed by atoms with Crippen molar-refractivity contribution in [1.82, 2.24) is 10.3 Å². The molecular weight excluding hydrogens is 511 g/mol. The highest BCUT2D eigenvalue weighted by atomic mass is 35.5. The van der Waals surface area contributed by atoms with E-state index in [1.54, 1.807) is 30.5 Å². The number of nitrogens with zero attached hydrogens (tertiary/aromatic N) is 1.